The van der Waals surface area contributed by atoms with Gasteiger partial charge in [-0.25, -0.2) is 9.59 Å². The van der Waals surface area contributed by atoms with Gasteiger partial charge in [-0.05, 0) is 58.2 Å². The van der Waals surface area contributed by atoms with E-state index in [9.17, 15) is 27.9 Å². The smallest absolute Gasteiger partial charge is 0.425 e. The van der Waals surface area contributed by atoms with E-state index in [1.807, 2.05) is 0 Å². The van der Waals surface area contributed by atoms with E-state index in [2.05, 4.69) is 6.58 Å². The molecule has 0 aliphatic carbocycles. The Balaban J connectivity index is 1.82. The van der Waals surface area contributed by atoms with E-state index in [0.29, 0.717) is 16.6 Å². The number of nitrogens with zero attached hydrogens (tertiary/aromatic N) is 2. The number of carboxylic acids is 1. The first kappa shape index (κ1) is 26.5. The lowest BCUT2D eigenvalue weighted by Crippen LogP contribution is -2.43. The topological polar surface area (TPSA) is 84.5 Å². The number of rotatable bonds is 5. The molecule has 2 N–H and O–H groups in total. The molecule has 0 bridgehead atoms. The molecule has 37 heavy (non-hydrogen) atoms. The molecule has 1 atom stereocenters. The lowest BCUT2D eigenvalue weighted by Gasteiger charge is -2.33. The van der Waals surface area contributed by atoms with Crippen molar-refractivity contribution in [1.82, 2.24) is 9.13 Å². The van der Waals surface area contributed by atoms with Crippen molar-refractivity contribution in [1.29, 1.82) is 0 Å². The SMILES string of the molecule is C=C(c1ccc(-c2ccc(C(=O)O)c(Cl)c2)cc1Cl)[C@@](O)(c1ccc2c(c1)n(C)c(=O)n2C)C(F)(F)F. The summed E-state index contributed by atoms with van der Waals surface area (Å²) in [6.45, 7) is 3.56. The number of aryl methyl sites for hydroxylation is 2. The molecule has 0 unspecified atom stereocenters. The van der Waals surface area contributed by atoms with Crippen LogP contribution in [0.5, 0.6) is 0 Å². The largest absolute Gasteiger partial charge is 0.478 e. The van der Waals surface area contributed by atoms with Crippen LogP contribution in [0.15, 0.2) is 66.0 Å². The highest BCUT2D eigenvalue weighted by Crippen LogP contribution is 2.49. The van der Waals surface area contributed by atoms with Crippen LogP contribution < -0.4 is 5.69 Å². The minimum Gasteiger partial charge on any atom is -0.478 e. The van der Waals surface area contributed by atoms with E-state index < -0.39 is 34.6 Å². The van der Waals surface area contributed by atoms with Gasteiger partial charge >= 0.3 is 17.8 Å². The first-order chi connectivity index (χ1) is 17.2. The molecular formula is C26H19Cl2F3N2O4. The van der Waals surface area contributed by atoms with E-state index >= 15 is 0 Å². The van der Waals surface area contributed by atoms with Crippen molar-refractivity contribution in [2.75, 3.05) is 0 Å². The van der Waals surface area contributed by atoms with Gasteiger partial charge in [0.15, 0.2) is 0 Å². The minimum atomic E-state index is -5.19. The molecule has 0 aliphatic heterocycles. The van der Waals surface area contributed by atoms with E-state index in [1.54, 1.807) is 0 Å². The van der Waals surface area contributed by atoms with Crippen molar-refractivity contribution >= 4 is 45.8 Å². The third-order valence-corrected chi connectivity index (χ3v) is 6.99. The van der Waals surface area contributed by atoms with Crippen molar-refractivity contribution in [2.45, 2.75) is 11.8 Å². The summed E-state index contributed by atoms with van der Waals surface area (Å²) >= 11 is 12.4. The van der Waals surface area contributed by atoms with E-state index in [0.717, 1.165) is 12.1 Å². The molecular weight excluding hydrogens is 532 g/mol. The van der Waals surface area contributed by atoms with Crippen LogP contribution in [0, 0.1) is 0 Å². The first-order valence-corrected chi connectivity index (χ1v) is 11.4. The van der Waals surface area contributed by atoms with Gasteiger partial charge in [-0.2, -0.15) is 13.2 Å². The normalized spacial score (nSPS) is 13.5. The fourth-order valence-corrected chi connectivity index (χ4v) is 4.80. The predicted octanol–water partition coefficient (Wildman–Crippen LogP) is 6.01. The molecule has 4 aromatic rings. The molecule has 6 nitrogen and oxygen atoms in total. The molecule has 0 amide bonds. The number of aromatic carboxylic acids is 1. The van der Waals surface area contributed by atoms with Crippen molar-refractivity contribution in [3.8, 4) is 11.1 Å². The monoisotopic (exact) mass is 550 g/mol. The second kappa shape index (κ2) is 9.09. The Morgan fingerprint density at radius 1 is 0.865 bits per heavy atom. The maximum absolute atomic E-state index is 14.4. The summed E-state index contributed by atoms with van der Waals surface area (Å²) in [4.78, 5) is 23.4. The Kier molecular flexibility index (Phi) is 6.52. The molecule has 0 saturated carbocycles. The number of carboxylic acid groups (broad SMARTS) is 1. The number of benzene rings is 3. The molecule has 1 heterocycles. The van der Waals surface area contributed by atoms with Gasteiger partial charge in [-0.1, -0.05) is 54.0 Å². The number of carbonyl (C=O) groups is 1. The summed E-state index contributed by atoms with van der Waals surface area (Å²) in [5.74, 6) is -1.21. The van der Waals surface area contributed by atoms with Crippen LogP contribution in [-0.4, -0.2) is 31.5 Å². The maximum Gasteiger partial charge on any atom is 0.425 e. The number of halogens is 5. The zero-order chi connectivity index (χ0) is 27.4. The molecule has 0 fully saturated rings. The van der Waals surface area contributed by atoms with Gasteiger partial charge in [0.05, 0.1) is 21.6 Å². The fourth-order valence-electron chi connectivity index (χ4n) is 4.24. The van der Waals surface area contributed by atoms with Crippen LogP contribution in [0.1, 0.15) is 21.5 Å². The zero-order valence-corrected chi connectivity index (χ0v) is 20.9. The second-order valence-electron chi connectivity index (χ2n) is 8.49. The highest BCUT2D eigenvalue weighted by molar-refractivity contribution is 6.34. The molecule has 3 aromatic carbocycles. The van der Waals surface area contributed by atoms with Gasteiger partial charge in [-0.15, -0.1) is 0 Å². The summed E-state index contributed by atoms with van der Waals surface area (Å²) in [6, 6.07) is 11.8. The van der Waals surface area contributed by atoms with E-state index in [-0.39, 0.29) is 26.7 Å². The number of imidazole rings is 1. The first-order valence-electron chi connectivity index (χ1n) is 10.7. The quantitative estimate of drug-likeness (QED) is 0.318. The van der Waals surface area contributed by atoms with Crippen molar-refractivity contribution < 1.29 is 28.2 Å². The summed E-state index contributed by atoms with van der Waals surface area (Å²) < 4.78 is 45.8. The molecule has 1 aromatic heterocycles. The maximum atomic E-state index is 14.4. The van der Waals surface area contributed by atoms with Gasteiger partial charge in [0.2, 0.25) is 5.60 Å². The van der Waals surface area contributed by atoms with Crippen LogP contribution in [0.4, 0.5) is 13.2 Å². The minimum absolute atomic E-state index is 0.0215. The molecule has 4 rings (SSSR count). The average molecular weight is 551 g/mol. The van der Waals surface area contributed by atoms with Crippen molar-refractivity contribution in [3.05, 3.63) is 98.4 Å². The Bertz CT molecular complexity index is 1660. The molecule has 0 saturated heterocycles. The summed E-state index contributed by atoms with van der Waals surface area (Å²) in [6.07, 6.45) is -5.19. The van der Waals surface area contributed by atoms with Gasteiger partial charge < -0.3 is 10.2 Å². The number of fused-ring (bicyclic) bond motifs is 1. The van der Waals surface area contributed by atoms with Crippen molar-refractivity contribution in [2.24, 2.45) is 14.1 Å². The van der Waals surface area contributed by atoms with Crippen LogP contribution in [0.25, 0.3) is 27.7 Å². The summed E-state index contributed by atoms with van der Waals surface area (Å²) in [7, 11) is 2.91. The van der Waals surface area contributed by atoms with Crippen LogP contribution in [-0.2, 0) is 19.7 Å². The van der Waals surface area contributed by atoms with Crippen LogP contribution in [0.3, 0.4) is 0 Å². The number of aromatic nitrogens is 2. The van der Waals surface area contributed by atoms with Crippen LogP contribution in [0.2, 0.25) is 10.0 Å². The van der Waals surface area contributed by atoms with E-state index in [4.69, 9.17) is 28.3 Å². The van der Waals surface area contributed by atoms with Crippen LogP contribution >= 0.6 is 23.2 Å². The fraction of sp³-hybridized carbons (Fsp3) is 0.154. The third kappa shape index (κ3) is 4.22. The van der Waals surface area contributed by atoms with Gasteiger partial charge in [-0.3, -0.25) is 9.13 Å². The lowest BCUT2D eigenvalue weighted by atomic mass is 9.82. The Morgan fingerprint density at radius 2 is 1.38 bits per heavy atom. The predicted molar refractivity (Wildman–Crippen MR) is 136 cm³/mol. The molecule has 11 heteroatoms. The van der Waals surface area contributed by atoms with Gasteiger partial charge in [0.25, 0.3) is 0 Å². The molecule has 0 spiro atoms. The Labute approximate surface area is 218 Å². The Morgan fingerprint density at radius 3 is 1.86 bits per heavy atom. The number of hydrogen-bond donors (Lipinski definition) is 2. The zero-order valence-electron chi connectivity index (χ0n) is 19.4. The number of alkyl halides is 3. The van der Waals surface area contributed by atoms with E-state index in [1.165, 1.54) is 65.7 Å². The highest BCUT2D eigenvalue weighted by atomic mass is 35.5. The lowest BCUT2D eigenvalue weighted by molar-refractivity contribution is -0.240. The Hall–Kier alpha value is -3.53. The molecule has 192 valence electrons. The summed E-state index contributed by atoms with van der Waals surface area (Å²) in [5.41, 5.74) is -3.94. The van der Waals surface area contributed by atoms with Gasteiger partial charge in [0.1, 0.15) is 0 Å². The second-order valence-corrected chi connectivity index (χ2v) is 9.30. The molecule has 0 radical (unpaired) electrons. The highest BCUT2D eigenvalue weighted by Gasteiger charge is 2.57. The standard InChI is InChI=1S/C26H19Cl2F3N2O4/c1-13(17-7-4-14(10-19(17)27)15-5-8-18(23(34)35)20(28)11-15)25(37,26(29,30)31)16-6-9-21-22(12-16)33(3)24(36)32(21)2/h4-12,37H,1H2,2-3H3,(H,34,35)/t25-/m1/s1. The summed E-state index contributed by atoms with van der Waals surface area (Å²) in [5, 5.41) is 20.1. The number of aliphatic hydroxyl groups is 1. The average Bonchev–Trinajstić information content (AvgIpc) is 3.05. The third-order valence-electron chi connectivity index (χ3n) is 6.36. The molecule has 0 aliphatic rings. The van der Waals surface area contributed by atoms with Gasteiger partial charge in [0, 0.05) is 19.1 Å². The number of hydrogen-bond acceptors (Lipinski definition) is 3. The van der Waals surface area contributed by atoms with Crippen molar-refractivity contribution in [3.63, 3.8) is 0 Å².